The SMILES string of the molecule is COc1ccc(-c2cc(C(=O)NCC3CCN(C(C)C)C3)nn2-c2ccccc2)cc1. The molecule has 1 aliphatic heterocycles. The molecule has 3 aromatic rings. The van der Waals surface area contributed by atoms with E-state index < -0.39 is 0 Å². The van der Waals surface area contributed by atoms with E-state index in [2.05, 4.69) is 29.2 Å². The first-order chi connectivity index (χ1) is 15.0. The molecule has 1 fully saturated rings. The van der Waals surface area contributed by atoms with Gasteiger partial charge in [0.2, 0.25) is 0 Å². The summed E-state index contributed by atoms with van der Waals surface area (Å²) in [5.41, 5.74) is 3.18. The molecule has 1 saturated heterocycles. The number of carbonyl (C=O) groups is 1. The maximum atomic E-state index is 12.9. The molecule has 31 heavy (non-hydrogen) atoms. The van der Waals surface area contributed by atoms with Crippen molar-refractivity contribution >= 4 is 5.91 Å². The standard InChI is InChI=1S/C25H30N4O2/c1-18(2)28-14-13-19(17-28)16-26-25(30)23-15-24(20-9-11-22(31-3)12-10-20)29(27-23)21-7-5-4-6-8-21/h4-12,15,18-19H,13-14,16-17H2,1-3H3,(H,26,30). The molecular weight excluding hydrogens is 388 g/mol. The minimum Gasteiger partial charge on any atom is -0.497 e. The number of amides is 1. The van der Waals surface area contributed by atoms with Gasteiger partial charge in [-0.25, -0.2) is 4.68 Å². The first-order valence-corrected chi connectivity index (χ1v) is 10.9. The number of benzene rings is 2. The van der Waals surface area contributed by atoms with Gasteiger partial charge in [0.15, 0.2) is 5.69 Å². The Labute approximate surface area is 183 Å². The molecule has 2 heterocycles. The third kappa shape index (κ3) is 4.80. The van der Waals surface area contributed by atoms with Gasteiger partial charge >= 0.3 is 0 Å². The maximum Gasteiger partial charge on any atom is 0.271 e. The summed E-state index contributed by atoms with van der Waals surface area (Å²) in [6, 6.07) is 20.1. The number of likely N-dealkylation sites (tertiary alicyclic amines) is 1. The molecule has 0 aliphatic carbocycles. The average molecular weight is 419 g/mol. The fourth-order valence-electron chi connectivity index (χ4n) is 4.05. The highest BCUT2D eigenvalue weighted by molar-refractivity contribution is 5.93. The Bertz CT molecular complexity index is 1010. The second-order valence-corrected chi connectivity index (χ2v) is 8.34. The Balaban J connectivity index is 1.55. The van der Waals surface area contributed by atoms with E-state index in [9.17, 15) is 4.79 Å². The summed E-state index contributed by atoms with van der Waals surface area (Å²) >= 11 is 0. The van der Waals surface area contributed by atoms with Crippen molar-refractivity contribution in [2.45, 2.75) is 26.3 Å². The number of nitrogens with zero attached hydrogens (tertiary/aromatic N) is 3. The lowest BCUT2D eigenvalue weighted by molar-refractivity contribution is 0.0941. The second-order valence-electron chi connectivity index (χ2n) is 8.34. The number of methoxy groups -OCH3 is 1. The monoisotopic (exact) mass is 418 g/mol. The Kier molecular flexibility index (Phi) is 6.37. The number of hydrogen-bond acceptors (Lipinski definition) is 4. The van der Waals surface area contributed by atoms with Gasteiger partial charge in [-0.05, 0) is 75.2 Å². The zero-order valence-corrected chi connectivity index (χ0v) is 18.4. The van der Waals surface area contributed by atoms with E-state index in [0.29, 0.717) is 24.2 Å². The maximum absolute atomic E-state index is 12.9. The molecule has 1 aromatic heterocycles. The smallest absolute Gasteiger partial charge is 0.271 e. The van der Waals surface area contributed by atoms with E-state index in [4.69, 9.17) is 4.74 Å². The van der Waals surface area contributed by atoms with Crippen LogP contribution in [0.3, 0.4) is 0 Å². The second kappa shape index (κ2) is 9.35. The van der Waals surface area contributed by atoms with Crippen LogP contribution in [-0.2, 0) is 0 Å². The van der Waals surface area contributed by atoms with Crippen molar-refractivity contribution in [1.82, 2.24) is 20.0 Å². The van der Waals surface area contributed by atoms with Crippen LogP contribution >= 0.6 is 0 Å². The van der Waals surface area contributed by atoms with Crippen molar-refractivity contribution in [3.8, 4) is 22.7 Å². The molecule has 162 valence electrons. The molecule has 0 spiro atoms. The Hall–Kier alpha value is -3.12. The molecule has 1 atom stereocenters. The lowest BCUT2D eigenvalue weighted by Gasteiger charge is -2.20. The Morgan fingerprint density at radius 1 is 1.16 bits per heavy atom. The van der Waals surface area contributed by atoms with Crippen molar-refractivity contribution in [2.75, 3.05) is 26.7 Å². The first kappa shape index (κ1) is 21.1. The number of nitrogens with one attached hydrogen (secondary N) is 1. The fraction of sp³-hybridized carbons (Fsp3) is 0.360. The predicted molar refractivity (Wildman–Crippen MR) is 123 cm³/mol. The summed E-state index contributed by atoms with van der Waals surface area (Å²) < 4.78 is 7.10. The van der Waals surface area contributed by atoms with Gasteiger partial charge in [-0.3, -0.25) is 4.79 Å². The summed E-state index contributed by atoms with van der Waals surface area (Å²) in [4.78, 5) is 15.4. The van der Waals surface area contributed by atoms with Gasteiger partial charge in [-0.2, -0.15) is 5.10 Å². The van der Waals surface area contributed by atoms with Crippen LogP contribution in [0.4, 0.5) is 0 Å². The Morgan fingerprint density at radius 3 is 2.55 bits per heavy atom. The van der Waals surface area contributed by atoms with Gasteiger partial charge in [0.05, 0.1) is 18.5 Å². The summed E-state index contributed by atoms with van der Waals surface area (Å²) in [7, 11) is 1.65. The molecular formula is C25H30N4O2. The molecule has 4 rings (SSSR count). The highest BCUT2D eigenvalue weighted by atomic mass is 16.5. The van der Waals surface area contributed by atoms with E-state index in [1.807, 2.05) is 65.3 Å². The molecule has 0 bridgehead atoms. The summed E-state index contributed by atoms with van der Waals surface area (Å²) in [6.45, 7) is 7.25. The highest BCUT2D eigenvalue weighted by Gasteiger charge is 2.25. The average Bonchev–Trinajstić information content (AvgIpc) is 3.46. The van der Waals surface area contributed by atoms with E-state index in [1.54, 1.807) is 7.11 Å². The molecule has 1 unspecified atom stereocenters. The normalized spacial score (nSPS) is 16.6. The minimum absolute atomic E-state index is 0.132. The van der Waals surface area contributed by atoms with E-state index in [-0.39, 0.29) is 5.91 Å². The highest BCUT2D eigenvalue weighted by Crippen LogP contribution is 2.26. The molecule has 1 amide bonds. The van der Waals surface area contributed by atoms with E-state index in [1.165, 1.54) is 0 Å². The molecule has 2 aromatic carbocycles. The van der Waals surface area contributed by atoms with Gasteiger partial charge < -0.3 is 15.0 Å². The van der Waals surface area contributed by atoms with Crippen LogP contribution in [0.2, 0.25) is 0 Å². The third-order valence-corrected chi connectivity index (χ3v) is 5.93. The van der Waals surface area contributed by atoms with Gasteiger partial charge in [0.25, 0.3) is 5.91 Å². The van der Waals surface area contributed by atoms with Crippen molar-refractivity contribution in [3.63, 3.8) is 0 Å². The van der Waals surface area contributed by atoms with Crippen LogP contribution < -0.4 is 10.1 Å². The van der Waals surface area contributed by atoms with E-state index >= 15 is 0 Å². The van der Waals surface area contributed by atoms with E-state index in [0.717, 1.165) is 42.2 Å². The number of aromatic nitrogens is 2. The first-order valence-electron chi connectivity index (χ1n) is 10.9. The molecule has 1 aliphatic rings. The number of hydrogen-bond donors (Lipinski definition) is 1. The van der Waals surface area contributed by atoms with Gasteiger partial charge in [-0.1, -0.05) is 18.2 Å². The number of ether oxygens (including phenoxy) is 1. The molecule has 6 nitrogen and oxygen atoms in total. The summed E-state index contributed by atoms with van der Waals surface area (Å²) in [5, 5.41) is 7.75. The minimum atomic E-state index is -0.132. The topological polar surface area (TPSA) is 59.4 Å². The van der Waals surface area contributed by atoms with Crippen LogP contribution in [0.1, 0.15) is 30.8 Å². The van der Waals surface area contributed by atoms with Gasteiger partial charge in [-0.15, -0.1) is 0 Å². The quantitative estimate of drug-likeness (QED) is 0.630. The lowest BCUT2D eigenvalue weighted by Crippen LogP contribution is -2.33. The van der Waals surface area contributed by atoms with Crippen LogP contribution in [0.15, 0.2) is 60.7 Å². The van der Waals surface area contributed by atoms with Crippen LogP contribution in [-0.4, -0.2) is 53.4 Å². The molecule has 1 N–H and O–H groups in total. The van der Waals surface area contributed by atoms with Gasteiger partial charge in [0.1, 0.15) is 5.75 Å². The van der Waals surface area contributed by atoms with Crippen LogP contribution in [0.5, 0.6) is 5.75 Å². The largest absolute Gasteiger partial charge is 0.497 e. The molecule has 6 heteroatoms. The number of carbonyl (C=O) groups excluding carboxylic acids is 1. The van der Waals surface area contributed by atoms with Gasteiger partial charge in [0, 0.05) is 24.7 Å². The lowest BCUT2D eigenvalue weighted by atomic mass is 10.1. The van der Waals surface area contributed by atoms with Crippen LogP contribution in [0.25, 0.3) is 16.9 Å². The van der Waals surface area contributed by atoms with Crippen molar-refractivity contribution in [1.29, 1.82) is 0 Å². The number of para-hydroxylation sites is 1. The van der Waals surface area contributed by atoms with Crippen molar-refractivity contribution < 1.29 is 9.53 Å². The Morgan fingerprint density at radius 2 is 1.90 bits per heavy atom. The predicted octanol–water partition coefficient (Wildman–Crippen LogP) is 4.01. The molecule has 0 radical (unpaired) electrons. The number of rotatable bonds is 7. The van der Waals surface area contributed by atoms with Crippen molar-refractivity contribution in [3.05, 3.63) is 66.4 Å². The molecule has 0 saturated carbocycles. The fourth-order valence-corrected chi connectivity index (χ4v) is 4.05. The van der Waals surface area contributed by atoms with Crippen LogP contribution in [0, 0.1) is 5.92 Å². The summed E-state index contributed by atoms with van der Waals surface area (Å²) in [5.74, 6) is 1.15. The third-order valence-electron chi connectivity index (χ3n) is 5.93. The zero-order chi connectivity index (χ0) is 21.8. The van der Waals surface area contributed by atoms with Crippen molar-refractivity contribution in [2.24, 2.45) is 5.92 Å². The zero-order valence-electron chi connectivity index (χ0n) is 18.4. The summed E-state index contributed by atoms with van der Waals surface area (Å²) in [6.07, 6.45) is 1.12.